The Morgan fingerprint density at radius 2 is 1.69 bits per heavy atom. The van der Waals surface area contributed by atoms with Crippen LogP contribution in [-0.4, -0.2) is 78.5 Å². The Hall–Kier alpha value is -3.27. The van der Waals surface area contributed by atoms with Gasteiger partial charge in [-0.3, -0.25) is 9.97 Å². The number of hydrogen-bond acceptors (Lipinski definition) is 10. The van der Waals surface area contributed by atoms with Gasteiger partial charge in [0.15, 0.2) is 0 Å². The molecule has 0 unspecified atom stereocenters. The number of nitrogens with zero attached hydrogens (tertiary/aromatic N) is 6. The lowest BCUT2D eigenvalue weighted by Crippen LogP contribution is -2.46. The quantitative estimate of drug-likeness (QED) is 0.191. The number of aryl methyl sites for hydroxylation is 1. The van der Waals surface area contributed by atoms with Gasteiger partial charge in [-0.1, -0.05) is 6.92 Å². The highest BCUT2D eigenvalue weighted by Gasteiger charge is 2.37. The zero-order valence-electron chi connectivity index (χ0n) is 26.7. The van der Waals surface area contributed by atoms with E-state index in [1.54, 1.807) is 39.0 Å². The Morgan fingerprint density at radius 3 is 2.38 bits per heavy atom. The number of fused-ring (bicyclic) bond motifs is 1. The van der Waals surface area contributed by atoms with Crippen molar-refractivity contribution >= 4 is 68.2 Å². The van der Waals surface area contributed by atoms with E-state index in [9.17, 15) is 4.57 Å². The highest BCUT2D eigenvalue weighted by atomic mass is 79.9. The van der Waals surface area contributed by atoms with Gasteiger partial charge < -0.3 is 29.7 Å². The average Bonchev–Trinajstić information content (AvgIpc) is 3.03. The summed E-state index contributed by atoms with van der Waals surface area (Å²) in [5.74, 6) is 1.69. The summed E-state index contributed by atoms with van der Waals surface area (Å²) >= 11 is 3.59. The highest BCUT2D eigenvalue weighted by molar-refractivity contribution is 9.10. The number of nitrogens with one attached hydrogen (secondary N) is 2. The minimum Gasteiger partial charge on any atom is -0.494 e. The predicted octanol–water partition coefficient (Wildman–Crippen LogP) is 6.80. The second-order valence-electron chi connectivity index (χ2n) is 12.7. The number of aromatic nitrogens is 4. The zero-order valence-corrected chi connectivity index (χ0v) is 29.2. The van der Waals surface area contributed by atoms with Crippen LogP contribution in [0.15, 0.2) is 47.3 Å². The molecule has 2 saturated heterocycles. The first kappa shape index (κ1) is 31.7. The minimum atomic E-state index is -2.73. The van der Waals surface area contributed by atoms with E-state index in [0.29, 0.717) is 43.7 Å². The molecule has 2 N–H and O–H groups in total. The van der Waals surface area contributed by atoms with Crippen molar-refractivity contribution in [1.29, 1.82) is 0 Å². The molecule has 4 aromatic rings. The monoisotopic (exact) mass is 692 g/mol. The standard InChI is InChI=1S/C33H42BrN8O2P/c1-6-22-19-26(28(44-3)20-27(22)42-17-11-33(12-18-42)9-15-41(2)16-10-33)39-32-37-21-23(34)31(40-32)38-25-8-7-24-29(36-14-13-35-24)30(25)45(4,5)43/h7-8,13-14,19-21H,6,9-12,15-18H2,1-5H3,(H2,37,38,39,40). The van der Waals surface area contributed by atoms with Crippen LogP contribution in [0.2, 0.25) is 0 Å². The molecule has 2 aromatic heterocycles. The van der Waals surface area contributed by atoms with Crippen LogP contribution < -0.4 is 25.6 Å². The number of piperidine rings is 2. The first-order valence-corrected chi connectivity index (χ1v) is 19.0. The van der Waals surface area contributed by atoms with E-state index in [4.69, 9.17) is 9.72 Å². The Balaban J connectivity index is 1.25. The normalized spacial score (nSPS) is 17.1. The van der Waals surface area contributed by atoms with Crippen LogP contribution in [-0.2, 0) is 11.0 Å². The molecule has 4 heterocycles. The second kappa shape index (κ2) is 12.9. The largest absolute Gasteiger partial charge is 0.494 e. The SMILES string of the molecule is CCc1cc(Nc2ncc(Br)c(Nc3ccc4nccnc4c3P(C)(C)=O)n2)c(OC)cc1N1CCC2(CCN(C)CC2)CC1. The van der Waals surface area contributed by atoms with Crippen molar-refractivity contribution in [2.24, 2.45) is 5.41 Å². The van der Waals surface area contributed by atoms with Crippen LogP contribution in [0.25, 0.3) is 11.0 Å². The summed E-state index contributed by atoms with van der Waals surface area (Å²) in [5.41, 5.74) is 5.79. The summed E-state index contributed by atoms with van der Waals surface area (Å²) in [6.45, 7) is 10.2. The van der Waals surface area contributed by atoms with Gasteiger partial charge >= 0.3 is 0 Å². The molecule has 0 atom stereocenters. The number of ether oxygens (including phenoxy) is 1. The molecule has 45 heavy (non-hydrogen) atoms. The van der Waals surface area contributed by atoms with E-state index in [1.165, 1.54) is 50.0 Å². The van der Waals surface area contributed by atoms with Gasteiger partial charge in [0.25, 0.3) is 0 Å². The Morgan fingerprint density at radius 1 is 0.978 bits per heavy atom. The highest BCUT2D eigenvalue weighted by Crippen LogP contribution is 2.44. The summed E-state index contributed by atoms with van der Waals surface area (Å²) < 4.78 is 20.0. The molecule has 0 radical (unpaired) electrons. The third-order valence-corrected chi connectivity index (χ3v) is 11.5. The van der Waals surface area contributed by atoms with E-state index >= 15 is 0 Å². The molecule has 2 aliphatic rings. The maximum atomic E-state index is 13.4. The Bertz CT molecular complexity index is 1740. The van der Waals surface area contributed by atoms with Crippen LogP contribution in [0.1, 0.15) is 38.2 Å². The lowest BCUT2D eigenvalue weighted by Gasteiger charge is -2.47. The van der Waals surface area contributed by atoms with Crippen molar-refractivity contribution in [3.8, 4) is 5.75 Å². The fourth-order valence-corrected chi connectivity index (χ4v) is 8.39. The molecule has 1 spiro atoms. The second-order valence-corrected chi connectivity index (χ2v) is 16.7. The van der Waals surface area contributed by atoms with Gasteiger partial charge in [0.2, 0.25) is 5.95 Å². The maximum Gasteiger partial charge on any atom is 0.229 e. The molecular weight excluding hydrogens is 651 g/mol. The molecule has 0 saturated carbocycles. The average molecular weight is 694 g/mol. The van der Waals surface area contributed by atoms with Gasteiger partial charge in [-0.05, 0) is 111 Å². The third-order valence-electron chi connectivity index (χ3n) is 9.39. The van der Waals surface area contributed by atoms with Gasteiger partial charge in [-0.15, -0.1) is 0 Å². The van der Waals surface area contributed by atoms with Gasteiger partial charge in [0.1, 0.15) is 24.2 Å². The smallest absolute Gasteiger partial charge is 0.229 e. The molecule has 0 aliphatic carbocycles. The summed E-state index contributed by atoms with van der Waals surface area (Å²) in [6, 6.07) is 8.07. The fraction of sp³-hybridized carbons (Fsp3) is 0.455. The van der Waals surface area contributed by atoms with Gasteiger partial charge in [0.05, 0.1) is 33.8 Å². The summed E-state index contributed by atoms with van der Waals surface area (Å²) in [7, 11) is 1.21. The number of hydrogen-bond donors (Lipinski definition) is 2. The molecule has 2 aliphatic heterocycles. The zero-order chi connectivity index (χ0) is 31.8. The van der Waals surface area contributed by atoms with E-state index in [0.717, 1.165) is 30.9 Å². The molecule has 2 fully saturated rings. The third kappa shape index (κ3) is 6.67. The predicted molar refractivity (Wildman–Crippen MR) is 188 cm³/mol. The van der Waals surface area contributed by atoms with Crippen LogP contribution >= 0.6 is 23.1 Å². The number of likely N-dealkylation sites (tertiary alicyclic amines) is 1. The first-order chi connectivity index (χ1) is 21.6. The summed E-state index contributed by atoms with van der Waals surface area (Å²) in [5, 5.41) is 7.41. The van der Waals surface area contributed by atoms with Crippen LogP contribution in [0.4, 0.5) is 28.8 Å². The van der Waals surface area contributed by atoms with Crippen molar-refractivity contribution in [3.05, 3.63) is 52.9 Å². The number of methoxy groups -OCH3 is 1. The summed E-state index contributed by atoms with van der Waals surface area (Å²) in [6.07, 6.45) is 10.9. The number of benzene rings is 2. The van der Waals surface area contributed by atoms with Gasteiger partial charge in [-0.25, -0.2) is 4.98 Å². The first-order valence-electron chi connectivity index (χ1n) is 15.6. The van der Waals surface area contributed by atoms with E-state index in [1.807, 2.05) is 12.1 Å². The molecular formula is C33H42BrN8O2P. The van der Waals surface area contributed by atoms with Crippen molar-refractivity contribution in [2.75, 3.05) is 69.2 Å². The Kier molecular flexibility index (Phi) is 9.05. The number of rotatable bonds is 8. The molecule has 6 rings (SSSR count). The lowest BCUT2D eigenvalue weighted by atomic mass is 9.71. The van der Waals surface area contributed by atoms with E-state index < -0.39 is 7.14 Å². The van der Waals surface area contributed by atoms with E-state index in [-0.39, 0.29) is 0 Å². The molecule has 0 bridgehead atoms. The van der Waals surface area contributed by atoms with E-state index in [2.05, 4.69) is 77.4 Å². The number of anilines is 5. The van der Waals surface area contributed by atoms with Crippen LogP contribution in [0.3, 0.4) is 0 Å². The summed E-state index contributed by atoms with van der Waals surface area (Å²) in [4.78, 5) is 23.2. The number of halogens is 1. The molecule has 12 heteroatoms. The molecule has 2 aromatic carbocycles. The molecule has 10 nitrogen and oxygen atoms in total. The van der Waals surface area contributed by atoms with Gasteiger partial charge in [-0.2, -0.15) is 4.98 Å². The maximum absolute atomic E-state index is 13.4. The van der Waals surface area contributed by atoms with Gasteiger partial charge in [0, 0.05) is 43.4 Å². The van der Waals surface area contributed by atoms with Crippen molar-refractivity contribution in [2.45, 2.75) is 39.0 Å². The minimum absolute atomic E-state index is 0.411. The lowest BCUT2D eigenvalue weighted by molar-refractivity contribution is 0.0944. The Labute approximate surface area is 273 Å². The topological polar surface area (TPSA) is 108 Å². The molecule has 238 valence electrons. The van der Waals surface area contributed by atoms with Crippen LogP contribution in [0.5, 0.6) is 5.75 Å². The van der Waals surface area contributed by atoms with Crippen molar-refractivity contribution in [1.82, 2.24) is 24.8 Å². The van der Waals surface area contributed by atoms with Crippen molar-refractivity contribution < 1.29 is 9.30 Å². The molecule has 0 amide bonds. The van der Waals surface area contributed by atoms with Crippen molar-refractivity contribution in [3.63, 3.8) is 0 Å². The van der Waals surface area contributed by atoms with Crippen LogP contribution in [0, 0.1) is 5.41 Å². The fourth-order valence-electron chi connectivity index (χ4n) is 6.70.